The van der Waals surface area contributed by atoms with Gasteiger partial charge < -0.3 is 9.47 Å². The molecule has 0 radical (unpaired) electrons. The van der Waals surface area contributed by atoms with E-state index in [4.69, 9.17) is 9.47 Å². The minimum atomic E-state index is -1.04. The van der Waals surface area contributed by atoms with Crippen molar-refractivity contribution in [3.63, 3.8) is 0 Å². The molecule has 1 aliphatic heterocycles. The molecule has 3 aliphatic rings. The Morgan fingerprint density at radius 3 is 2.57 bits per heavy atom. The van der Waals surface area contributed by atoms with Crippen LogP contribution in [0.25, 0.3) is 0 Å². The lowest BCUT2D eigenvalue weighted by Crippen LogP contribution is -2.48. The predicted octanol–water partition coefficient (Wildman–Crippen LogP) is 4.48. The summed E-state index contributed by atoms with van der Waals surface area (Å²) in [5.74, 6) is -1.49. The van der Waals surface area contributed by atoms with E-state index in [1.807, 2.05) is 20.1 Å². The normalized spacial score (nSPS) is 37.9. The van der Waals surface area contributed by atoms with Gasteiger partial charge >= 0.3 is 11.9 Å². The summed E-state index contributed by atoms with van der Waals surface area (Å²) in [6.45, 7) is 12.3. The summed E-state index contributed by atoms with van der Waals surface area (Å²) in [7, 11) is 0. The SMILES string of the molecule is C=C1COC(=O)C12CC1(C)C(C)CCC(OC(=O)C=CSC)C1C2C(=O)C=C(C)C. The van der Waals surface area contributed by atoms with Gasteiger partial charge in [0.15, 0.2) is 5.78 Å². The van der Waals surface area contributed by atoms with E-state index in [1.54, 1.807) is 11.5 Å². The van der Waals surface area contributed by atoms with Gasteiger partial charge in [0.25, 0.3) is 0 Å². The van der Waals surface area contributed by atoms with Gasteiger partial charge in [0, 0.05) is 17.9 Å². The first-order chi connectivity index (χ1) is 14.1. The minimum Gasteiger partial charge on any atom is -0.460 e. The molecule has 3 rings (SSSR count). The van der Waals surface area contributed by atoms with Gasteiger partial charge in [-0.05, 0) is 67.8 Å². The van der Waals surface area contributed by atoms with Gasteiger partial charge in [0.05, 0.1) is 0 Å². The van der Waals surface area contributed by atoms with Crippen molar-refractivity contribution in [1.29, 1.82) is 0 Å². The van der Waals surface area contributed by atoms with Crippen LogP contribution in [-0.4, -0.2) is 36.7 Å². The number of fused-ring (bicyclic) bond motifs is 1. The average Bonchev–Trinajstić information content (AvgIpc) is 3.12. The van der Waals surface area contributed by atoms with Gasteiger partial charge in [-0.2, -0.15) is 0 Å². The van der Waals surface area contributed by atoms with E-state index in [-0.39, 0.29) is 35.6 Å². The second-order valence-corrected chi connectivity index (χ2v) is 10.2. The summed E-state index contributed by atoms with van der Waals surface area (Å²) in [6, 6.07) is 0. The fourth-order valence-electron chi connectivity index (χ4n) is 5.92. The molecule has 0 aromatic heterocycles. The third-order valence-corrected chi connectivity index (χ3v) is 7.85. The summed E-state index contributed by atoms with van der Waals surface area (Å²) in [6.07, 6.45) is 6.53. The molecule has 5 nitrogen and oxygen atoms in total. The first-order valence-electron chi connectivity index (χ1n) is 10.5. The highest BCUT2D eigenvalue weighted by Gasteiger charge is 2.71. The van der Waals surface area contributed by atoms with Crippen LogP contribution in [0.5, 0.6) is 0 Å². The molecule has 6 unspecified atom stereocenters. The van der Waals surface area contributed by atoms with E-state index in [0.29, 0.717) is 18.4 Å². The van der Waals surface area contributed by atoms with Crippen LogP contribution in [0.2, 0.25) is 0 Å². The summed E-state index contributed by atoms with van der Waals surface area (Å²) >= 11 is 1.42. The molecular weight excluding hydrogens is 400 g/mol. The molecule has 0 aromatic carbocycles. The lowest BCUT2D eigenvalue weighted by atomic mass is 9.60. The highest BCUT2D eigenvalue weighted by Crippen LogP contribution is 2.68. The first-order valence-corrected chi connectivity index (χ1v) is 11.8. The fraction of sp³-hybridized carbons (Fsp3) is 0.625. The van der Waals surface area contributed by atoms with Gasteiger partial charge in [-0.1, -0.05) is 26.0 Å². The third kappa shape index (κ3) is 3.57. The summed E-state index contributed by atoms with van der Waals surface area (Å²) in [4.78, 5) is 39.0. The maximum atomic E-state index is 13.5. The molecule has 6 heteroatoms. The highest BCUT2D eigenvalue weighted by molar-refractivity contribution is 8.01. The smallest absolute Gasteiger partial charge is 0.331 e. The minimum absolute atomic E-state index is 0.0986. The van der Waals surface area contributed by atoms with E-state index in [0.717, 1.165) is 12.0 Å². The molecule has 2 saturated carbocycles. The molecule has 6 atom stereocenters. The van der Waals surface area contributed by atoms with E-state index in [1.165, 1.54) is 17.8 Å². The Labute approximate surface area is 183 Å². The molecule has 30 heavy (non-hydrogen) atoms. The Bertz CT molecular complexity index is 805. The van der Waals surface area contributed by atoms with Crippen LogP contribution in [0.1, 0.15) is 47.0 Å². The van der Waals surface area contributed by atoms with Crippen LogP contribution >= 0.6 is 11.8 Å². The number of hydrogen-bond donors (Lipinski definition) is 0. The van der Waals surface area contributed by atoms with Gasteiger partial charge in [0.1, 0.15) is 18.1 Å². The third-order valence-electron chi connectivity index (χ3n) is 7.44. The number of allylic oxidation sites excluding steroid dienone is 2. The largest absolute Gasteiger partial charge is 0.460 e. The predicted molar refractivity (Wildman–Crippen MR) is 118 cm³/mol. The number of carbonyl (C=O) groups is 3. The second-order valence-electron chi connectivity index (χ2n) is 9.45. The molecule has 164 valence electrons. The number of esters is 2. The van der Waals surface area contributed by atoms with Crippen LogP contribution in [0, 0.1) is 28.6 Å². The Balaban J connectivity index is 2.11. The van der Waals surface area contributed by atoms with Crippen LogP contribution in [0.3, 0.4) is 0 Å². The Morgan fingerprint density at radius 2 is 2.00 bits per heavy atom. The number of ether oxygens (including phenoxy) is 2. The van der Waals surface area contributed by atoms with Crippen LogP contribution in [0.15, 0.2) is 35.3 Å². The number of hydrogen-bond acceptors (Lipinski definition) is 6. The van der Waals surface area contributed by atoms with Gasteiger partial charge in [-0.3, -0.25) is 9.59 Å². The fourth-order valence-corrected chi connectivity index (χ4v) is 6.17. The quantitative estimate of drug-likeness (QED) is 0.362. The van der Waals surface area contributed by atoms with Crippen molar-refractivity contribution in [3.8, 4) is 0 Å². The zero-order chi connectivity index (χ0) is 22.3. The number of thioether (sulfide) groups is 1. The van der Waals surface area contributed by atoms with Crippen molar-refractivity contribution >= 4 is 29.5 Å². The van der Waals surface area contributed by atoms with E-state index >= 15 is 0 Å². The zero-order valence-electron chi connectivity index (χ0n) is 18.5. The van der Waals surface area contributed by atoms with E-state index in [2.05, 4.69) is 20.4 Å². The molecular formula is C24H32O5S. The monoisotopic (exact) mass is 432 g/mol. The Hall–Kier alpha value is -1.82. The van der Waals surface area contributed by atoms with Gasteiger partial charge in [0.2, 0.25) is 0 Å². The van der Waals surface area contributed by atoms with Crippen molar-refractivity contribution in [2.75, 3.05) is 12.9 Å². The maximum Gasteiger partial charge on any atom is 0.331 e. The van der Waals surface area contributed by atoms with Crippen molar-refractivity contribution in [2.24, 2.45) is 28.6 Å². The molecule has 1 spiro atoms. The molecule has 0 amide bonds. The summed E-state index contributed by atoms with van der Waals surface area (Å²) in [5, 5.41) is 1.69. The zero-order valence-corrected chi connectivity index (χ0v) is 19.3. The highest BCUT2D eigenvalue weighted by atomic mass is 32.2. The van der Waals surface area contributed by atoms with Crippen molar-refractivity contribution < 1.29 is 23.9 Å². The van der Waals surface area contributed by atoms with E-state index < -0.39 is 23.4 Å². The summed E-state index contributed by atoms with van der Waals surface area (Å²) in [5.41, 5.74) is 0.166. The van der Waals surface area contributed by atoms with Crippen LogP contribution in [0.4, 0.5) is 0 Å². The Morgan fingerprint density at radius 1 is 1.30 bits per heavy atom. The van der Waals surface area contributed by atoms with E-state index in [9.17, 15) is 14.4 Å². The second kappa shape index (κ2) is 8.37. The molecule has 0 N–H and O–H groups in total. The molecule has 1 saturated heterocycles. The lowest BCUT2D eigenvalue weighted by molar-refractivity contribution is -0.158. The Kier molecular flexibility index (Phi) is 6.38. The summed E-state index contributed by atoms with van der Waals surface area (Å²) < 4.78 is 11.3. The number of carbonyl (C=O) groups excluding carboxylic acids is 3. The number of rotatable bonds is 5. The average molecular weight is 433 g/mol. The first kappa shape index (κ1) is 22.9. The van der Waals surface area contributed by atoms with Crippen LogP contribution < -0.4 is 0 Å². The standard InChI is InChI=1S/C24H32O5S/c1-14(2)11-17(25)20-21-18(29-19(26)9-10-30-6)8-7-15(3)23(21,5)13-24(20)16(4)12-28-22(24)27/h9-11,15,18,20-21H,4,7-8,12-13H2,1-3,5-6H3. The molecule has 2 aliphatic carbocycles. The molecule has 0 aromatic rings. The van der Waals surface area contributed by atoms with Gasteiger partial charge in [-0.25, -0.2) is 4.79 Å². The molecule has 1 heterocycles. The van der Waals surface area contributed by atoms with Crippen molar-refractivity contribution in [1.82, 2.24) is 0 Å². The topological polar surface area (TPSA) is 69.7 Å². The van der Waals surface area contributed by atoms with Crippen LogP contribution in [-0.2, 0) is 23.9 Å². The maximum absolute atomic E-state index is 13.5. The number of cyclic esters (lactones) is 1. The number of ketones is 1. The van der Waals surface area contributed by atoms with Gasteiger partial charge in [-0.15, -0.1) is 11.8 Å². The molecule has 0 bridgehead atoms. The molecule has 3 fully saturated rings. The van der Waals surface area contributed by atoms with Crippen molar-refractivity contribution in [2.45, 2.75) is 53.1 Å². The van der Waals surface area contributed by atoms with Crippen molar-refractivity contribution in [3.05, 3.63) is 35.3 Å². The lowest BCUT2D eigenvalue weighted by Gasteiger charge is -2.47.